The van der Waals surface area contributed by atoms with Gasteiger partial charge in [-0.1, -0.05) is 42.5 Å². The molecule has 1 aliphatic carbocycles. The number of hydrogen-bond acceptors (Lipinski definition) is 4. The van der Waals surface area contributed by atoms with Gasteiger partial charge in [-0.2, -0.15) is 0 Å². The van der Waals surface area contributed by atoms with Crippen LogP contribution in [0.5, 0.6) is 0 Å². The largest absolute Gasteiger partial charge is 0.430 e. The Morgan fingerprint density at radius 1 is 1.16 bits per heavy atom. The highest BCUT2D eigenvalue weighted by molar-refractivity contribution is 5.84. The lowest BCUT2D eigenvalue weighted by molar-refractivity contribution is -0.137. The zero-order chi connectivity index (χ0) is 17.6. The molecule has 0 saturated carbocycles. The number of likely N-dealkylation sites (N-methyl/N-ethyl adjacent to an activating group) is 1. The van der Waals surface area contributed by atoms with Crippen molar-refractivity contribution in [1.82, 2.24) is 4.98 Å². The van der Waals surface area contributed by atoms with E-state index < -0.39 is 0 Å². The SMILES string of the molecule is CC(=O)OC1=C(C)C(c2ccccc2)=CC2C1c1cccnc1N2C. The molecule has 2 unspecified atom stereocenters. The molecule has 2 aromatic rings. The van der Waals surface area contributed by atoms with Crippen LogP contribution in [0.2, 0.25) is 0 Å². The number of aromatic nitrogens is 1. The van der Waals surface area contributed by atoms with Gasteiger partial charge in [0.1, 0.15) is 11.6 Å². The number of ether oxygens (including phenoxy) is 1. The van der Waals surface area contributed by atoms with E-state index in [2.05, 4.69) is 34.2 Å². The summed E-state index contributed by atoms with van der Waals surface area (Å²) < 4.78 is 5.72. The quantitative estimate of drug-likeness (QED) is 0.782. The number of fused-ring (bicyclic) bond motifs is 3. The number of benzene rings is 1. The van der Waals surface area contributed by atoms with E-state index >= 15 is 0 Å². The highest BCUT2D eigenvalue weighted by atomic mass is 16.5. The number of hydrogen-bond donors (Lipinski definition) is 0. The molecule has 2 aliphatic rings. The molecule has 0 amide bonds. The average molecular weight is 332 g/mol. The van der Waals surface area contributed by atoms with Gasteiger partial charge in [-0.15, -0.1) is 0 Å². The average Bonchev–Trinajstić information content (AvgIpc) is 2.90. The molecular weight excluding hydrogens is 312 g/mol. The molecule has 1 aromatic carbocycles. The number of anilines is 1. The van der Waals surface area contributed by atoms with E-state index in [0.29, 0.717) is 0 Å². The van der Waals surface area contributed by atoms with E-state index in [1.807, 2.05) is 38.2 Å². The summed E-state index contributed by atoms with van der Waals surface area (Å²) in [6.45, 7) is 3.49. The fourth-order valence-electron chi connectivity index (χ4n) is 3.89. The molecule has 2 atom stereocenters. The van der Waals surface area contributed by atoms with Crippen LogP contribution in [0.25, 0.3) is 5.57 Å². The van der Waals surface area contributed by atoms with Crippen molar-refractivity contribution in [3.8, 4) is 0 Å². The van der Waals surface area contributed by atoms with Crippen molar-refractivity contribution in [2.24, 2.45) is 0 Å². The standard InChI is InChI=1S/C21H20N2O2/c1-13-17(15-8-5-4-6-9-15)12-18-19(20(13)25-14(2)24)16-10-7-11-22-21(16)23(18)3/h4-12,18-19H,1-3H3. The minimum Gasteiger partial charge on any atom is -0.430 e. The summed E-state index contributed by atoms with van der Waals surface area (Å²) in [6.07, 6.45) is 4.07. The van der Waals surface area contributed by atoms with Gasteiger partial charge in [-0.05, 0) is 29.7 Å². The first-order chi connectivity index (χ1) is 12.1. The van der Waals surface area contributed by atoms with Crippen molar-refractivity contribution in [3.63, 3.8) is 0 Å². The predicted molar refractivity (Wildman–Crippen MR) is 98.1 cm³/mol. The summed E-state index contributed by atoms with van der Waals surface area (Å²) in [4.78, 5) is 18.5. The lowest BCUT2D eigenvalue weighted by atomic mass is 9.81. The Labute approximate surface area is 147 Å². The number of rotatable bonds is 2. The van der Waals surface area contributed by atoms with Crippen LogP contribution in [0.4, 0.5) is 5.82 Å². The summed E-state index contributed by atoms with van der Waals surface area (Å²) in [5.74, 6) is 1.38. The molecule has 0 spiro atoms. The predicted octanol–water partition coefficient (Wildman–Crippen LogP) is 3.92. The van der Waals surface area contributed by atoms with Gasteiger partial charge in [-0.25, -0.2) is 4.98 Å². The van der Waals surface area contributed by atoms with Crippen molar-refractivity contribution in [2.45, 2.75) is 25.8 Å². The molecule has 0 radical (unpaired) electrons. The van der Waals surface area contributed by atoms with E-state index in [9.17, 15) is 4.79 Å². The first kappa shape index (κ1) is 15.6. The van der Waals surface area contributed by atoms with Crippen LogP contribution in [0, 0.1) is 0 Å². The molecule has 25 heavy (non-hydrogen) atoms. The topological polar surface area (TPSA) is 42.4 Å². The summed E-state index contributed by atoms with van der Waals surface area (Å²) in [6, 6.07) is 14.3. The molecule has 1 aromatic heterocycles. The summed E-state index contributed by atoms with van der Waals surface area (Å²) in [5.41, 5.74) is 4.35. The molecule has 4 heteroatoms. The van der Waals surface area contributed by atoms with Gasteiger partial charge < -0.3 is 9.64 Å². The lowest BCUT2D eigenvalue weighted by Crippen LogP contribution is -2.33. The van der Waals surface area contributed by atoms with E-state index in [-0.39, 0.29) is 17.9 Å². The summed E-state index contributed by atoms with van der Waals surface area (Å²) in [7, 11) is 2.04. The van der Waals surface area contributed by atoms with Crippen molar-refractivity contribution in [2.75, 3.05) is 11.9 Å². The van der Waals surface area contributed by atoms with Crippen LogP contribution >= 0.6 is 0 Å². The highest BCUT2D eigenvalue weighted by Gasteiger charge is 2.43. The minimum absolute atomic E-state index is 0.00920. The lowest BCUT2D eigenvalue weighted by Gasteiger charge is -2.31. The third-order valence-electron chi connectivity index (χ3n) is 5.01. The molecule has 4 nitrogen and oxygen atoms in total. The van der Waals surface area contributed by atoms with Gasteiger partial charge in [0.05, 0.1) is 12.0 Å². The summed E-state index contributed by atoms with van der Waals surface area (Å²) >= 11 is 0. The third kappa shape index (κ3) is 2.45. The maximum Gasteiger partial charge on any atom is 0.307 e. The zero-order valence-corrected chi connectivity index (χ0v) is 14.6. The third-order valence-corrected chi connectivity index (χ3v) is 5.01. The van der Waals surface area contributed by atoms with Crippen LogP contribution in [0.3, 0.4) is 0 Å². The number of esters is 1. The van der Waals surface area contributed by atoms with Crippen molar-refractivity contribution in [1.29, 1.82) is 0 Å². The van der Waals surface area contributed by atoms with E-state index in [0.717, 1.165) is 33.9 Å². The van der Waals surface area contributed by atoms with Crippen molar-refractivity contribution < 1.29 is 9.53 Å². The number of allylic oxidation sites excluding steroid dienone is 2. The maximum absolute atomic E-state index is 11.8. The Kier molecular flexibility index (Phi) is 3.68. The second-order valence-corrected chi connectivity index (χ2v) is 6.52. The Bertz CT molecular complexity index is 899. The fourth-order valence-corrected chi connectivity index (χ4v) is 3.89. The van der Waals surface area contributed by atoms with E-state index in [1.54, 1.807) is 6.20 Å². The number of pyridine rings is 1. The minimum atomic E-state index is -0.289. The molecular formula is C21H20N2O2. The van der Waals surface area contributed by atoms with Crippen molar-refractivity contribution in [3.05, 3.63) is 77.2 Å². The Morgan fingerprint density at radius 2 is 1.92 bits per heavy atom. The molecule has 0 fully saturated rings. The van der Waals surface area contributed by atoms with Crippen LogP contribution in [-0.4, -0.2) is 24.0 Å². The number of carbonyl (C=O) groups excluding carboxylic acids is 1. The number of carbonyl (C=O) groups is 1. The molecule has 2 heterocycles. The Balaban J connectivity index is 1.91. The molecule has 4 rings (SSSR count). The Morgan fingerprint density at radius 3 is 2.64 bits per heavy atom. The maximum atomic E-state index is 11.8. The second-order valence-electron chi connectivity index (χ2n) is 6.52. The van der Waals surface area contributed by atoms with E-state index in [1.165, 1.54) is 6.92 Å². The number of nitrogens with zero attached hydrogens (tertiary/aromatic N) is 2. The molecule has 1 aliphatic heterocycles. The van der Waals surface area contributed by atoms with Gasteiger partial charge in [0.25, 0.3) is 0 Å². The first-order valence-corrected chi connectivity index (χ1v) is 8.42. The fraction of sp³-hybridized carbons (Fsp3) is 0.238. The van der Waals surface area contributed by atoms with Crippen LogP contribution in [0.1, 0.15) is 30.9 Å². The second kappa shape index (κ2) is 5.88. The Hall–Kier alpha value is -2.88. The van der Waals surface area contributed by atoms with Crippen LogP contribution in [0.15, 0.2) is 66.1 Å². The first-order valence-electron chi connectivity index (χ1n) is 8.42. The van der Waals surface area contributed by atoms with Gasteiger partial charge >= 0.3 is 5.97 Å². The smallest absolute Gasteiger partial charge is 0.307 e. The molecule has 126 valence electrons. The molecule has 0 saturated heterocycles. The van der Waals surface area contributed by atoms with E-state index in [4.69, 9.17) is 4.74 Å². The van der Waals surface area contributed by atoms with Gasteiger partial charge in [0.15, 0.2) is 0 Å². The van der Waals surface area contributed by atoms with Gasteiger partial charge in [0, 0.05) is 25.7 Å². The molecule has 0 N–H and O–H groups in total. The highest BCUT2D eigenvalue weighted by Crippen LogP contribution is 2.49. The monoisotopic (exact) mass is 332 g/mol. The normalized spacial score (nSPS) is 21.6. The summed E-state index contributed by atoms with van der Waals surface area (Å²) in [5, 5.41) is 0. The van der Waals surface area contributed by atoms with Crippen LogP contribution < -0.4 is 4.90 Å². The molecule has 0 bridgehead atoms. The van der Waals surface area contributed by atoms with Gasteiger partial charge in [-0.3, -0.25) is 4.79 Å². The van der Waals surface area contributed by atoms with Crippen LogP contribution in [-0.2, 0) is 9.53 Å². The van der Waals surface area contributed by atoms with Crippen molar-refractivity contribution >= 4 is 17.4 Å². The van der Waals surface area contributed by atoms with Gasteiger partial charge in [0.2, 0.25) is 0 Å². The zero-order valence-electron chi connectivity index (χ0n) is 14.6.